The number of benzene rings is 1. The highest BCUT2D eigenvalue weighted by Gasteiger charge is 2.17. The predicted molar refractivity (Wildman–Crippen MR) is 94.3 cm³/mol. The largest absolute Gasteiger partial charge is 0.480 e. The maximum atomic E-state index is 13.5. The number of aliphatic carboxylic acids is 1. The first-order valence-electron chi connectivity index (χ1n) is 7.91. The van der Waals surface area contributed by atoms with E-state index in [1.165, 1.54) is 47.0 Å². The summed E-state index contributed by atoms with van der Waals surface area (Å²) in [4.78, 5) is 39.1. The van der Waals surface area contributed by atoms with Gasteiger partial charge in [-0.2, -0.15) is 0 Å². The van der Waals surface area contributed by atoms with Gasteiger partial charge in [0.1, 0.15) is 23.7 Å². The van der Waals surface area contributed by atoms with Crippen molar-refractivity contribution in [2.75, 3.05) is 11.9 Å². The number of amides is 2. The van der Waals surface area contributed by atoms with Crippen molar-refractivity contribution in [3.63, 3.8) is 0 Å². The lowest BCUT2D eigenvalue weighted by Crippen LogP contribution is -2.29. The quantitative estimate of drug-likeness (QED) is 0.634. The summed E-state index contributed by atoms with van der Waals surface area (Å²) in [6, 6.07) is 8.66. The highest BCUT2D eigenvalue weighted by atomic mass is 19.1. The molecule has 0 fully saturated rings. The molecule has 8 nitrogen and oxygen atoms in total. The first-order valence-corrected chi connectivity index (χ1v) is 7.91. The maximum absolute atomic E-state index is 13.5. The number of nitrogens with one attached hydrogen (secondary N) is 2. The van der Waals surface area contributed by atoms with Crippen molar-refractivity contribution in [1.82, 2.24) is 14.7 Å². The van der Waals surface area contributed by atoms with Gasteiger partial charge in [-0.25, -0.2) is 9.37 Å². The molecule has 0 radical (unpaired) electrons. The van der Waals surface area contributed by atoms with E-state index in [1.54, 1.807) is 6.92 Å². The predicted octanol–water partition coefficient (Wildman–Crippen LogP) is 1.85. The number of aryl methyl sites for hydroxylation is 1. The Labute approximate surface area is 152 Å². The highest BCUT2D eigenvalue weighted by molar-refractivity contribution is 6.04. The minimum Gasteiger partial charge on any atom is -0.480 e. The Kier molecular flexibility index (Phi) is 4.84. The van der Waals surface area contributed by atoms with Gasteiger partial charge in [0, 0.05) is 17.4 Å². The number of anilines is 1. The summed E-state index contributed by atoms with van der Waals surface area (Å²) >= 11 is 0. The molecule has 0 aliphatic heterocycles. The van der Waals surface area contributed by atoms with E-state index in [2.05, 4.69) is 15.6 Å². The molecular formula is C18H15FN4O4. The van der Waals surface area contributed by atoms with Gasteiger partial charge in [0.05, 0.1) is 5.69 Å². The van der Waals surface area contributed by atoms with Crippen LogP contribution in [-0.2, 0) is 4.79 Å². The van der Waals surface area contributed by atoms with Gasteiger partial charge >= 0.3 is 5.97 Å². The fourth-order valence-corrected chi connectivity index (χ4v) is 2.56. The van der Waals surface area contributed by atoms with Gasteiger partial charge in [-0.1, -0.05) is 0 Å². The summed E-state index contributed by atoms with van der Waals surface area (Å²) in [5, 5.41) is 13.5. The molecule has 3 N–H and O–H groups in total. The SMILES string of the molecule is Cc1nc2ccc(F)cn2c1C(=O)Nc1ccc(C(=O)NCC(=O)O)cc1. The number of nitrogens with zero attached hydrogens (tertiary/aromatic N) is 2. The summed E-state index contributed by atoms with van der Waals surface area (Å²) in [6.45, 7) is 1.16. The number of hydrogen-bond donors (Lipinski definition) is 3. The molecule has 0 spiro atoms. The number of pyridine rings is 1. The Morgan fingerprint density at radius 1 is 1.11 bits per heavy atom. The summed E-state index contributed by atoms with van der Waals surface area (Å²) in [5.74, 6) is -2.66. The van der Waals surface area contributed by atoms with E-state index in [4.69, 9.17) is 5.11 Å². The normalized spacial score (nSPS) is 10.6. The molecule has 0 saturated heterocycles. The molecule has 1 aromatic carbocycles. The van der Waals surface area contributed by atoms with Crippen LogP contribution >= 0.6 is 0 Å². The van der Waals surface area contributed by atoms with Crippen LogP contribution in [0.3, 0.4) is 0 Å². The summed E-state index contributed by atoms with van der Waals surface area (Å²) < 4.78 is 14.9. The third-order valence-electron chi connectivity index (χ3n) is 3.78. The van der Waals surface area contributed by atoms with Gasteiger partial charge in [0.25, 0.3) is 11.8 Å². The third kappa shape index (κ3) is 3.92. The molecule has 3 aromatic rings. The zero-order chi connectivity index (χ0) is 19.6. The molecule has 2 amide bonds. The number of fused-ring (bicyclic) bond motifs is 1. The van der Waals surface area contributed by atoms with Crippen LogP contribution in [0.2, 0.25) is 0 Å². The summed E-state index contributed by atoms with van der Waals surface area (Å²) in [7, 11) is 0. The third-order valence-corrected chi connectivity index (χ3v) is 3.78. The molecule has 3 rings (SSSR count). The van der Waals surface area contributed by atoms with Crippen molar-refractivity contribution in [1.29, 1.82) is 0 Å². The first-order chi connectivity index (χ1) is 12.8. The van der Waals surface area contributed by atoms with Crippen molar-refractivity contribution in [3.8, 4) is 0 Å². The summed E-state index contributed by atoms with van der Waals surface area (Å²) in [5.41, 5.74) is 1.77. The Bertz CT molecular complexity index is 1040. The molecule has 0 atom stereocenters. The fourth-order valence-electron chi connectivity index (χ4n) is 2.56. The molecule has 2 heterocycles. The Balaban J connectivity index is 1.77. The molecule has 0 unspecified atom stereocenters. The van der Waals surface area contributed by atoms with Crippen LogP contribution in [0.4, 0.5) is 10.1 Å². The number of carbonyl (C=O) groups is 3. The Hall–Kier alpha value is -3.75. The molecule has 0 aliphatic rings. The minimum atomic E-state index is -1.15. The number of rotatable bonds is 5. The lowest BCUT2D eigenvalue weighted by atomic mass is 10.2. The monoisotopic (exact) mass is 370 g/mol. The number of halogens is 1. The molecule has 2 aromatic heterocycles. The number of carboxylic acid groups (broad SMARTS) is 1. The average Bonchev–Trinajstić information content (AvgIpc) is 2.95. The van der Waals surface area contributed by atoms with Gasteiger partial charge in [-0.15, -0.1) is 0 Å². The van der Waals surface area contributed by atoms with E-state index in [1.807, 2.05) is 0 Å². The fraction of sp³-hybridized carbons (Fsp3) is 0.111. The molecular weight excluding hydrogens is 355 g/mol. The zero-order valence-corrected chi connectivity index (χ0v) is 14.2. The van der Waals surface area contributed by atoms with E-state index >= 15 is 0 Å². The average molecular weight is 370 g/mol. The van der Waals surface area contributed by atoms with Crippen molar-refractivity contribution in [2.45, 2.75) is 6.92 Å². The maximum Gasteiger partial charge on any atom is 0.322 e. The van der Waals surface area contributed by atoms with Crippen LogP contribution in [0, 0.1) is 12.7 Å². The van der Waals surface area contributed by atoms with Crippen molar-refractivity contribution < 1.29 is 23.9 Å². The van der Waals surface area contributed by atoms with E-state index in [-0.39, 0.29) is 11.3 Å². The first kappa shape index (κ1) is 18.1. The standard InChI is InChI=1S/C18H15FN4O4/c1-10-16(23-9-12(19)4-7-14(23)21-10)18(27)22-13-5-2-11(3-6-13)17(26)20-8-15(24)25/h2-7,9H,8H2,1H3,(H,20,26)(H,22,27)(H,24,25). The lowest BCUT2D eigenvalue weighted by Gasteiger charge is -2.07. The number of hydrogen-bond acceptors (Lipinski definition) is 4. The molecule has 27 heavy (non-hydrogen) atoms. The molecule has 0 bridgehead atoms. The number of carboxylic acids is 1. The van der Waals surface area contributed by atoms with Crippen molar-refractivity contribution in [3.05, 3.63) is 65.4 Å². The summed E-state index contributed by atoms with van der Waals surface area (Å²) in [6.07, 6.45) is 1.18. The van der Waals surface area contributed by atoms with Gasteiger partial charge in [0.2, 0.25) is 0 Å². The molecule has 0 saturated carbocycles. The van der Waals surface area contributed by atoms with Gasteiger partial charge in [-0.3, -0.25) is 18.8 Å². The topological polar surface area (TPSA) is 113 Å². The van der Waals surface area contributed by atoms with Crippen molar-refractivity contribution >= 4 is 29.1 Å². The number of aromatic nitrogens is 2. The molecule has 138 valence electrons. The van der Waals surface area contributed by atoms with E-state index in [9.17, 15) is 18.8 Å². The van der Waals surface area contributed by atoms with Crippen LogP contribution in [-0.4, -0.2) is 38.8 Å². The van der Waals surface area contributed by atoms with Gasteiger partial charge in [-0.05, 0) is 43.3 Å². The smallest absolute Gasteiger partial charge is 0.322 e. The van der Waals surface area contributed by atoms with E-state index in [0.29, 0.717) is 17.0 Å². The number of imidazole rings is 1. The van der Waals surface area contributed by atoms with Crippen LogP contribution in [0.1, 0.15) is 26.5 Å². The molecule has 9 heteroatoms. The van der Waals surface area contributed by atoms with Crippen LogP contribution < -0.4 is 10.6 Å². The highest BCUT2D eigenvalue weighted by Crippen LogP contribution is 2.16. The lowest BCUT2D eigenvalue weighted by molar-refractivity contribution is -0.135. The second kappa shape index (κ2) is 7.24. The molecule has 0 aliphatic carbocycles. The zero-order valence-electron chi connectivity index (χ0n) is 14.2. The second-order valence-electron chi connectivity index (χ2n) is 5.73. The van der Waals surface area contributed by atoms with Crippen molar-refractivity contribution in [2.24, 2.45) is 0 Å². The van der Waals surface area contributed by atoms with Crippen LogP contribution in [0.5, 0.6) is 0 Å². The van der Waals surface area contributed by atoms with Crippen LogP contribution in [0.25, 0.3) is 5.65 Å². The van der Waals surface area contributed by atoms with E-state index in [0.717, 1.165) is 0 Å². The van der Waals surface area contributed by atoms with Gasteiger partial charge in [0.15, 0.2) is 0 Å². The van der Waals surface area contributed by atoms with Gasteiger partial charge < -0.3 is 15.7 Å². The second-order valence-corrected chi connectivity index (χ2v) is 5.73. The van der Waals surface area contributed by atoms with Crippen LogP contribution in [0.15, 0.2) is 42.6 Å². The Morgan fingerprint density at radius 2 is 1.81 bits per heavy atom. The number of carbonyl (C=O) groups excluding carboxylic acids is 2. The van der Waals surface area contributed by atoms with E-state index < -0.39 is 30.1 Å². The minimum absolute atomic E-state index is 0.202. The Morgan fingerprint density at radius 3 is 2.48 bits per heavy atom.